The first-order valence-electron chi connectivity index (χ1n) is 4.42. The molecule has 4 heteroatoms. The third-order valence-corrected chi connectivity index (χ3v) is 3.13. The molecule has 1 aliphatic rings. The van der Waals surface area contributed by atoms with Crippen LogP contribution in [0.1, 0.15) is 6.42 Å². The van der Waals surface area contributed by atoms with E-state index in [9.17, 15) is 4.21 Å². The van der Waals surface area contributed by atoms with E-state index in [0.717, 1.165) is 25.4 Å². The number of nitrogens with one attached hydrogen (secondary N) is 1. The van der Waals surface area contributed by atoms with Crippen molar-refractivity contribution < 1.29 is 4.21 Å². The normalized spacial score (nSPS) is 27.7. The van der Waals surface area contributed by atoms with Gasteiger partial charge in [0.05, 0.1) is 0 Å². The Morgan fingerprint density at radius 1 is 1.67 bits per heavy atom. The molecule has 1 fully saturated rings. The minimum absolute atomic E-state index is 0.637. The molecule has 1 N–H and O–H groups in total. The summed E-state index contributed by atoms with van der Waals surface area (Å²) in [7, 11) is 1.37. The van der Waals surface area contributed by atoms with E-state index in [4.69, 9.17) is 0 Å². The molecule has 0 spiro atoms. The molecule has 1 saturated heterocycles. The van der Waals surface area contributed by atoms with Crippen LogP contribution >= 0.6 is 0 Å². The fourth-order valence-electron chi connectivity index (χ4n) is 1.53. The second-order valence-corrected chi connectivity index (χ2v) is 4.91. The molecule has 72 valence electrons. The Hall–Kier alpha value is 0.0700. The van der Waals surface area contributed by atoms with Gasteiger partial charge in [0.15, 0.2) is 0 Å². The summed E-state index contributed by atoms with van der Waals surface area (Å²) in [5, 5.41) is 3.26. The monoisotopic (exact) mass is 190 g/mol. The molecular weight excluding hydrogens is 172 g/mol. The van der Waals surface area contributed by atoms with Gasteiger partial charge in [-0.2, -0.15) is 0 Å². The average molecular weight is 190 g/mol. The van der Waals surface area contributed by atoms with Crippen LogP contribution in [0.2, 0.25) is 0 Å². The second kappa shape index (κ2) is 4.94. The lowest BCUT2D eigenvalue weighted by Crippen LogP contribution is -2.31. The zero-order valence-corrected chi connectivity index (χ0v) is 8.69. The van der Waals surface area contributed by atoms with Crippen molar-refractivity contribution in [3.05, 3.63) is 0 Å². The summed E-state index contributed by atoms with van der Waals surface area (Å²) in [5.41, 5.74) is 0. The molecule has 0 bridgehead atoms. The number of hydrogen-bond donors (Lipinski definition) is 1. The Morgan fingerprint density at radius 2 is 2.42 bits per heavy atom. The number of nitrogens with zero attached hydrogens (tertiary/aromatic N) is 1. The van der Waals surface area contributed by atoms with Crippen LogP contribution in [-0.2, 0) is 10.8 Å². The van der Waals surface area contributed by atoms with Crippen molar-refractivity contribution in [1.29, 1.82) is 0 Å². The molecule has 1 heterocycles. The van der Waals surface area contributed by atoms with Gasteiger partial charge in [-0.1, -0.05) is 0 Å². The molecule has 0 amide bonds. The van der Waals surface area contributed by atoms with Crippen molar-refractivity contribution in [3.63, 3.8) is 0 Å². The number of likely N-dealkylation sites (N-methyl/N-ethyl adjacent to an activating group) is 1. The molecular formula is C8H18N2OS. The summed E-state index contributed by atoms with van der Waals surface area (Å²) in [6, 6.07) is 0.648. The smallest absolute Gasteiger partial charge is 0.0359 e. The maximum Gasteiger partial charge on any atom is 0.0359 e. The first-order chi connectivity index (χ1) is 5.72. The maximum atomic E-state index is 10.8. The van der Waals surface area contributed by atoms with Crippen LogP contribution in [-0.4, -0.2) is 53.8 Å². The Bertz CT molecular complexity index is 163. The van der Waals surface area contributed by atoms with Gasteiger partial charge in [0.25, 0.3) is 0 Å². The molecule has 2 unspecified atom stereocenters. The van der Waals surface area contributed by atoms with Crippen LogP contribution in [0.4, 0.5) is 0 Å². The molecule has 2 atom stereocenters. The predicted octanol–water partition coefficient (Wildman–Crippen LogP) is -0.341. The molecule has 0 aromatic rings. The maximum absolute atomic E-state index is 10.8. The highest BCUT2D eigenvalue weighted by molar-refractivity contribution is 7.84. The van der Waals surface area contributed by atoms with Gasteiger partial charge in [-0.15, -0.1) is 0 Å². The quantitative estimate of drug-likeness (QED) is 0.658. The van der Waals surface area contributed by atoms with E-state index < -0.39 is 10.8 Å². The third kappa shape index (κ3) is 3.21. The Morgan fingerprint density at radius 3 is 2.92 bits per heavy atom. The fourth-order valence-corrected chi connectivity index (χ4v) is 2.04. The summed E-state index contributed by atoms with van der Waals surface area (Å²) in [4.78, 5) is 2.38. The van der Waals surface area contributed by atoms with Crippen LogP contribution in [0, 0.1) is 0 Å². The molecule has 0 aromatic heterocycles. The minimum Gasteiger partial charge on any atom is -0.316 e. The van der Waals surface area contributed by atoms with E-state index in [1.54, 1.807) is 6.26 Å². The van der Waals surface area contributed by atoms with Gasteiger partial charge in [-0.25, -0.2) is 0 Å². The summed E-state index contributed by atoms with van der Waals surface area (Å²) < 4.78 is 10.8. The van der Waals surface area contributed by atoms with Crippen LogP contribution in [0.25, 0.3) is 0 Å². The van der Waals surface area contributed by atoms with Gasteiger partial charge in [0.1, 0.15) is 0 Å². The predicted molar refractivity (Wildman–Crippen MR) is 52.8 cm³/mol. The van der Waals surface area contributed by atoms with Crippen molar-refractivity contribution in [2.75, 3.05) is 38.7 Å². The topological polar surface area (TPSA) is 32.3 Å². The molecule has 1 aliphatic heterocycles. The van der Waals surface area contributed by atoms with Crippen molar-refractivity contribution in [2.45, 2.75) is 12.5 Å². The van der Waals surface area contributed by atoms with Gasteiger partial charge >= 0.3 is 0 Å². The third-order valence-electron chi connectivity index (χ3n) is 2.38. The van der Waals surface area contributed by atoms with Crippen LogP contribution in [0.15, 0.2) is 0 Å². The van der Waals surface area contributed by atoms with E-state index in [1.165, 1.54) is 6.42 Å². The zero-order valence-electron chi connectivity index (χ0n) is 7.88. The first kappa shape index (κ1) is 10.2. The first-order valence-corrected chi connectivity index (χ1v) is 6.14. The van der Waals surface area contributed by atoms with E-state index in [2.05, 4.69) is 10.2 Å². The highest BCUT2D eigenvalue weighted by Gasteiger charge is 2.20. The molecule has 12 heavy (non-hydrogen) atoms. The van der Waals surface area contributed by atoms with E-state index in [1.807, 2.05) is 7.05 Å². The zero-order chi connectivity index (χ0) is 8.97. The Balaban J connectivity index is 2.15. The van der Waals surface area contributed by atoms with E-state index in [-0.39, 0.29) is 0 Å². The fraction of sp³-hybridized carbons (Fsp3) is 1.00. The largest absolute Gasteiger partial charge is 0.316 e. The van der Waals surface area contributed by atoms with Gasteiger partial charge < -0.3 is 10.2 Å². The molecule has 0 aliphatic carbocycles. The minimum atomic E-state index is -0.637. The SMILES string of the molecule is CNC1CCN(CCS(C)=O)C1. The van der Waals surface area contributed by atoms with Crippen molar-refractivity contribution in [3.8, 4) is 0 Å². The average Bonchev–Trinajstić information content (AvgIpc) is 2.48. The molecule has 0 aromatic carbocycles. The highest BCUT2D eigenvalue weighted by Crippen LogP contribution is 2.07. The lowest BCUT2D eigenvalue weighted by Gasteiger charge is -2.14. The van der Waals surface area contributed by atoms with Crippen LogP contribution in [0.3, 0.4) is 0 Å². The lowest BCUT2D eigenvalue weighted by molar-refractivity contribution is 0.350. The van der Waals surface area contributed by atoms with Crippen LogP contribution in [0.5, 0.6) is 0 Å². The standard InChI is InChI=1S/C8H18N2OS/c1-9-8-3-4-10(7-8)5-6-12(2)11/h8-9H,3-7H2,1-2H3. The van der Waals surface area contributed by atoms with Gasteiger partial charge in [0, 0.05) is 41.9 Å². The number of rotatable bonds is 4. The highest BCUT2D eigenvalue weighted by atomic mass is 32.2. The summed E-state index contributed by atoms with van der Waals surface area (Å²) in [6.07, 6.45) is 3.00. The van der Waals surface area contributed by atoms with Gasteiger partial charge in [-0.3, -0.25) is 4.21 Å². The summed E-state index contributed by atoms with van der Waals surface area (Å²) in [5.74, 6) is 0.816. The van der Waals surface area contributed by atoms with Crippen molar-refractivity contribution >= 4 is 10.8 Å². The molecule has 1 rings (SSSR count). The van der Waals surface area contributed by atoms with Gasteiger partial charge in [-0.05, 0) is 20.0 Å². The van der Waals surface area contributed by atoms with Crippen molar-refractivity contribution in [1.82, 2.24) is 10.2 Å². The summed E-state index contributed by atoms with van der Waals surface area (Å²) >= 11 is 0. The van der Waals surface area contributed by atoms with Gasteiger partial charge in [0.2, 0.25) is 0 Å². The molecule has 0 radical (unpaired) electrons. The summed E-state index contributed by atoms with van der Waals surface area (Å²) in [6.45, 7) is 3.26. The molecule has 0 saturated carbocycles. The van der Waals surface area contributed by atoms with Crippen molar-refractivity contribution in [2.24, 2.45) is 0 Å². The Labute approximate surface area is 77.0 Å². The Kier molecular flexibility index (Phi) is 4.18. The number of likely N-dealkylation sites (tertiary alicyclic amines) is 1. The number of hydrogen-bond acceptors (Lipinski definition) is 3. The lowest BCUT2D eigenvalue weighted by atomic mass is 10.3. The molecule has 3 nitrogen and oxygen atoms in total. The van der Waals surface area contributed by atoms with E-state index >= 15 is 0 Å². The van der Waals surface area contributed by atoms with Crippen LogP contribution < -0.4 is 5.32 Å². The van der Waals surface area contributed by atoms with E-state index in [0.29, 0.717) is 6.04 Å². The second-order valence-electron chi connectivity index (χ2n) is 3.35.